The Labute approximate surface area is 204 Å². The standard InChI is InChI=1S/C24H20ClN5O3S/c1-15-11-16(25)12-19-21(15)27-24(34-19)29(9-4-8-28-10-7-26-14-28)20(31)13-30-22(32)17-5-2-3-6-18(17)23(30)33/h2-3,5-7,10-12,14H,4,8-9,13H2,1H3. The molecule has 0 unspecified atom stereocenters. The van der Waals surface area contributed by atoms with Crippen LogP contribution in [0.25, 0.3) is 10.2 Å². The highest BCUT2D eigenvalue weighted by Gasteiger charge is 2.37. The van der Waals surface area contributed by atoms with Crippen molar-refractivity contribution < 1.29 is 14.4 Å². The van der Waals surface area contributed by atoms with Crippen molar-refractivity contribution >= 4 is 56.0 Å². The van der Waals surface area contributed by atoms with E-state index in [1.807, 2.05) is 29.8 Å². The van der Waals surface area contributed by atoms with Crippen LogP contribution < -0.4 is 4.90 Å². The van der Waals surface area contributed by atoms with E-state index in [1.54, 1.807) is 41.7 Å². The van der Waals surface area contributed by atoms with Crippen molar-refractivity contribution in [2.75, 3.05) is 18.0 Å². The van der Waals surface area contributed by atoms with Crippen LogP contribution in [0, 0.1) is 6.92 Å². The maximum atomic E-state index is 13.5. The van der Waals surface area contributed by atoms with Crippen LogP contribution in [0.15, 0.2) is 55.1 Å². The first-order valence-corrected chi connectivity index (χ1v) is 11.9. The number of carbonyl (C=O) groups excluding carboxylic acids is 3. The summed E-state index contributed by atoms with van der Waals surface area (Å²) < 4.78 is 2.79. The number of benzene rings is 2. The van der Waals surface area contributed by atoms with Crippen LogP contribution in [0.1, 0.15) is 32.7 Å². The van der Waals surface area contributed by atoms with Gasteiger partial charge in [0.25, 0.3) is 11.8 Å². The van der Waals surface area contributed by atoms with Gasteiger partial charge in [0.2, 0.25) is 5.91 Å². The molecule has 5 rings (SSSR count). The summed E-state index contributed by atoms with van der Waals surface area (Å²) >= 11 is 7.57. The molecule has 1 aliphatic heterocycles. The second-order valence-electron chi connectivity index (χ2n) is 8.01. The van der Waals surface area contributed by atoms with Gasteiger partial charge in [0.15, 0.2) is 5.13 Å². The Kier molecular flexibility index (Phi) is 5.89. The number of hydrogen-bond donors (Lipinski definition) is 0. The number of imide groups is 1. The van der Waals surface area contributed by atoms with E-state index in [-0.39, 0.29) is 12.5 Å². The summed E-state index contributed by atoms with van der Waals surface area (Å²) in [6, 6.07) is 10.3. The van der Waals surface area contributed by atoms with Gasteiger partial charge in [0.05, 0.1) is 27.7 Å². The van der Waals surface area contributed by atoms with Crippen molar-refractivity contribution in [3.63, 3.8) is 0 Å². The van der Waals surface area contributed by atoms with Gasteiger partial charge in [-0.3, -0.25) is 24.2 Å². The molecule has 0 saturated heterocycles. The zero-order chi connectivity index (χ0) is 23.8. The van der Waals surface area contributed by atoms with Gasteiger partial charge in [0.1, 0.15) is 6.54 Å². The maximum Gasteiger partial charge on any atom is 0.262 e. The molecular formula is C24H20ClN5O3S. The molecule has 3 amide bonds. The molecule has 0 bridgehead atoms. The maximum absolute atomic E-state index is 13.5. The van der Waals surface area contributed by atoms with E-state index in [1.165, 1.54) is 11.3 Å². The molecule has 0 N–H and O–H groups in total. The SMILES string of the molecule is Cc1cc(Cl)cc2sc(N(CCCn3ccnc3)C(=O)CN3C(=O)c4ccccc4C3=O)nc12. The molecule has 0 saturated carbocycles. The number of nitrogens with zero attached hydrogens (tertiary/aromatic N) is 5. The highest BCUT2D eigenvalue weighted by atomic mass is 35.5. The molecule has 0 radical (unpaired) electrons. The topological polar surface area (TPSA) is 88.4 Å². The molecule has 172 valence electrons. The molecule has 0 spiro atoms. The minimum Gasteiger partial charge on any atom is -0.337 e. The average Bonchev–Trinajstić information content (AvgIpc) is 3.53. The van der Waals surface area contributed by atoms with E-state index in [0.29, 0.717) is 40.8 Å². The van der Waals surface area contributed by atoms with E-state index in [0.717, 1.165) is 20.7 Å². The van der Waals surface area contributed by atoms with Crippen LogP contribution in [-0.4, -0.2) is 50.2 Å². The summed E-state index contributed by atoms with van der Waals surface area (Å²) in [4.78, 5) is 50.3. The number of thiazole rings is 1. The Bertz CT molecular complexity index is 1380. The number of carbonyl (C=O) groups is 3. The van der Waals surface area contributed by atoms with Crippen LogP contribution in [-0.2, 0) is 11.3 Å². The van der Waals surface area contributed by atoms with Crippen molar-refractivity contribution in [1.82, 2.24) is 19.4 Å². The van der Waals surface area contributed by atoms with E-state index < -0.39 is 11.8 Å². The quantitative estimate of drug-likeness (QED) is 0.360. The number of rotatable bonds is 7. The first-order valence-electron chi connectivity index (χ1n) is 10.7. The first-order chi connectivity index (χ1) is 16.4. The fraction of sp³-hybridized carbons (Fsp3) is 0.208. The lowest BCUT2D eigenvalue weighted by Gasteiger charge is -2.22. The van der Waals surface area contributed by atoms with Gasteiger partial charge in [0, 0.05) is 30.5 Å². The summed E-state index contributed by atoms with van der Waals surface area (Å²) in [5, 5.41) is 1.11. The number of hydrogen-bond acceptors (Lipinski definition) is 6. The fourth-order valence-corrected chi connectivity index (χ4v) is 5.48. The van der Waals surface area contributed by atoms with Crippen molar-refractivity contribution in [2.45, 2.75) is 19.9 Å². The second-order valence-corrected chi connectivity index (χ2v) is 9.45. The Morgan fingerprint density at radius 1 is 1.15 bits per heavy atom. The monoisotopic (exact) mass is 493 g/mol. The molecule has 3 heterocycles. The first kappa shape index (κ1) is 22.2. The molecule has 8 nitrogen and oxygen atoms in total. The number of imidazole rings is 1. The summed E-state index contributed by atoms with van der Waals surface area (Å²) in [6.07, 6.45) is 5.91. The minimum absolute atomic E-state index is 0.317. The molecule has 2 aromatic carbocycles. The van der Waals surface area contributed by atoms with Gasteiger partial charge in [-0.2, -0.15) is 0 Å². The molecule has 1 aliphatic rings. The van der Waals surface area contributed by atoms with Crippen LogP contribution in [0.5, 0.6) is 0 Å². The highest BCUT2D eigenvalue weighted by molar-refractivity contribution is 7.22. The van der Waals surface area contributed by atoms with Crippen molar-refractivity contribution in [3.8, 4) is 0 Å². The summed E-state index contributed by atoms with van der Waals surface area (Å²) in [5.74, 6) is -1.29. The van der Waals surface area contributed by atoms with E-state index in [9.17, 15) is 14.4 Å². The lowest BCUT2D eigenvalue weighted by molar-refractivity contribution is -0.119. The minimum atomic E-state index is -0.459. The van der Waals surface area contributed by atoms with Gasteiger partial charge in [-0.05, 0) is 43.2 Å². The zero-order valence-electron chi connectivity index (χ0n) is 18.3. The molecule has 0 fully saturated rings. The predicted octanol–water partition coefficient (Wildman–Crippen LogP) is 4.17. The number of fused-ring (bicyclic) bond motifs is 2. The normalized spacial score (nSPS) is 13.1. The Morgan fingerprint density at radius 3 is 2.56 bits per heavy atom. The fourth-order valence-electron chi connectivity index (χ4n) is 4.02. The van der Waals surface area contributed by atoms with Gasteiger partial charge < -0.3 is 4.57 Å². The summed E-state index contributed by atoms with van der Waals surface area (Å²) in [7, 11) is 0. The molecule has 0 atom stereocenters. The Hall–Kier alpha value is -3.56. The smallest absolute Gasteiger partial charge is 0.262 e. The van der Waals surface area contributed by atoms with Crippen LogP contribution in [0.4, 0.5) is 5.13 Å². The molecule has 4 aromatic rings. The van der Waals surface area contributed by atoms with Gasteiger partial charge in [-0.25, -0.2) is 9.97 Å². The summed E-state index contributed by atoms with van der Waals surface area (Å²) in [5.41, 5.74) is 2.32. The number of aromatic nitrogens is 3. The van der Waals surface area contributed by atoms with E-state index in [4.69, 9.17) is 16.6 Å². The average molecular weight is 494 g/mol. The van der Waals surface area contributed by atoms with Gasteiger partial charge >= 0.3 is 0 Å². The second kappa shape index (κ2) is 9.00. The van der Waals surface area contributed by atoms with Crippen molar-refractivity contribution in [3.05, 3.63) is 76.8 Å². The molecule has 2 aromatic heterocycles. The Balaban J connectivity index is 1.42. The zero-order valence-corrected chi connectivity index (χ0v) is 19.8. The molecule has 34 heavy (non-hydrogen) atoms. The van der Waals surface area contributed by atoms with Crippen LogP contribution >= 0.6 is 22.9 Å². The summed E-state index contributed by atoms with van der Waals surface area (Å²) in [6.45, 7) is 2.59. The van der Waals surface area contributed by atoms with Crippen LogP contribution in [0.3, 0.4) is 0 Å². The third kappa shape index (κ3) is 4.08. The molecule has 0 aliphatic carbocycles. The van der Waals surface area contributed by atoms with Crippen molar-refractivity contribution in [2.24, 2.45) is 0 Å². The van der Waals surface area contributed by atoms with Crippen LogP contribution in [0.2, 0.25) is 5.02 Å². The van der Waals surface area contributed by atoms with E-state index >= 15 is 0 Å². The molecule has 10 heteroatoms. The number of anilines is 1. The highest BCUT2D eigenvalue weighted by Crippen LogP contribution is 2.33. The van der Waals surface area contributed by atoms with Gasteiger partial charge in [-0.1, -0.05) is 35.1 Å². The lowest BCUT2D eigenvalue weighted by atomic mass is 10.1. The third-order valence-electron chi connectivity index (χ3n) is 5.70. The largest absolute Gasteiger partial charge is 0.337 e. The Morgan fingerprint density at radius 2 is 1.88 bits per heavy atom. The van der Waals surface area contributed by atoms with Gasteiger partial charge in [-0.15, -0.1) is 0 Å². The van der Waals surface area contributed by atoms with E-state index in [2.05, 4.69) is 4.98 Å². The third-order valence-corrected chi connectivity index (χ3v) is 6.94. The number of amides is 3. The van der Waals surface area contributed by atoms with Crippen molar-refractivity contribution in [1.29, 1.82) is 0 Å². The molecular weight excluding hydrogens is 474 g/mol. The predicted molar refractivity (Wildman–Crippen MR) is 130 cm³/mol. The lowest BCUT2D eigenvalue weighted by Crippen LogP contribution is -2.43. The number of halogens is 1. The number of aryl methyl sites for hydroxylation is 2.